The van der Waals surface area contributed by atoms with Crippen LogP contribution in [-0.2, 0) is 13.6 Å². The van der Waals surface area contributed by atoms with Crippen molar-refractivity contribution in [3.8, 4) is 0 Å². The van der Waals surface area contributed by atoms with E-state index in [0.29, 0.717) is 5.82 Å². The first kappa shape index (κ1) is 10.5. The minimum Gasteiger partial charge on any atom is -0.373 e. The maximum absolute atomic E-state index is 13.2. The molecule has 0 aliphatic rings. The van der Waals surface area contributed by atoms with E-state index in [0.717, 1.165) is 0 Å². The lowest BCUT2D eigenvalue weighted by molar-refractivity contribution is 0.587. The first-order valence-electron chi connectivity index (χ1n) is 4.57. The molecule has 0 amide bonds. The molecular formula is C9H9F2N5. The van der Waals surface area contributed by atoms with Crippen LogP contribution in [0, 0.1) is 11.6 Å². The Morgan fingerprint density at radius 3 is 2.56 bits per heavy atom. The Balaban J connectivity index is 2.10. The number of benzene rings is 1. The quantitative estimate of drug-likeness (QED) is 0.849. The molecule has 1 aromatic heterocycles. The Kier molecular flexibility index (Phi) is 2.76. The summed E-state index contributed by atoms with van der Waals surface area (Å²) in [6, 6.07) is 3.65. The number of aromatic nitrogens is 4. The summed E-state index contributed by atoms with van der Waals surface area (Å²) in [6.45, 7) is 0.117. The number of tetrazole rings is 1. The number of nitrogens with one attached hydrogen (secondary N) is 1. The molecule has 1 aromatic carbocycles. The summed E-state index contributed by atoms with van der Waals surface area (Å²) >= 11 is 0. The van der Waals surface area contributed by atoms with E-state index in [-0.39, 0.29) is 12.2 Å². The molecule has 0 aliphatic heterocycles. The first-order valence-corrected chi connectivity index (χ1v) is 4.57. The standard InChI is InChI=1S/C9H9F2N5/c1-16-14-8(13-15-16)5-12-9-6(10)3-2-4-7(9)11/h2-4,12H,5H2,1H3. The molecule has 5 nitrogen and oxygen atoms in total. The minimum atomic E-state index is -0.649. The fraction of sp³-hybridized carbons (Fsp3) is 0.222. The molecule has 2 rings (SSSR count). The molecule has 0 unspecified atom stereocenters. The Morgan fingerprint density at radius 2 is 2.00 bits per heavy atom. The van der Waals surface area contributed by atoms with Gasteiger partial charge in [0.15, 0.2) is 5.82 Å². The van der Waals surface area contributed by atoms with Gasteiger partial charge in [-0.15, -0.1) is 10.2 Å². The molecule has 1 N–H and O–H groups in total. The molecule has 16 heavy (non-hydrogen) atoms. The van der Waals surface area contributed by atoms with Crippen LogP contribution in [0.25, 0.3) is 0 Å². The highest BCUT2D eigenvalue weighted by Crippen LogP contribution is 2.18. The predicted molar refractivity (Wildman–Crippen MR) is 52.5 cm³/mol. The Labute approximate surface area is 90.1 Å². The molecule has 0 saturated heterocycles. The maximum Gasteiger partial charge on any atom is 0.193 e. The van der Waals surface area contributed by atoms with E-state index in [1.807, 2.05) is 0 Å². The minimum absolute atomic E-state index is 0.117. The number of hydrogen-bond donors (Lipinski definition) is 1. The van der Waals surface area contributed by atoms with Crippen molar-refractivity contribution in [2.75, 3.05) is 5.32 Å². The van der Waals surface area contributed by atoms with Gasteiger partial charge in [-0.25, -0.2) is 8.78 Å². The summed E-state index contributed by atoms with van der Waals surface area (Å²) in [7, 11) is 1.61. The number of hydrogen-bond acceptors (Lipinski definition) is 4. The van der Waals surface area contributed by atoms with Crippen molar-refractivity contribution in [2.45, 2.75) is 6.54 Å². The van der Waals surface area contributed by atoms with Crippen molar-refractivity contribution in [1.29, 1.82) is 0 Å². The SMILES string of the molecule is Cn1nnc(CNc2c(F)cccc2F)n1. The molecular weight excluding hydrogens is 216 g/mol. The number of rotatable bonds is 3. The summed E-state index contributed by atoms with van der Waals surface area (Å²) < 4.78 is 26.4. The van der Waals surface area contributed by atoms with Crippen LogP contribution in [0.15, 0.2) is 18.2 Å². The molecule has 7 heteroatoms. The molecule has 2 aromatic rings. The van der Waals surface area contributed by atoms with Gasteiger partial charge >= 0.3 is 0 Å². The van der Waals surface area contributed by atoms with Gasteiger partial charge in [0.1, 0.15) is 17.3 Å². The first-order chi connectivity index (χ1) is 7.66. The van der Waals surface area contributed by atoms with Gasteiger partial charge in [0.25, 0.3) is 0 Å². The zero-order chi connectivity index (χ0) is 11.5. The van der Waals surface area contributed by atoms with E-state index >= 15 is 0 Å². The van der Waals surface area contributed by atoms with Crippen LogP contribution in [0.3, 0.4) is 0 Å². The van der Waals surface area contributed by atoms with E-state index in [2.05, 4.69) is 20.7 Å². The Bertz CT molecular complexity index is 476. The lowest BCUT2D eigenvalue weighted by Crippen LogP contribution is -2.05. The normalized spacial score (nSPS) is 10.4. The average molecular weight is 225 g/mol. The highest BCUT2D eigenvalue weighted by atomic mass is 19.1. The van der Waals surface area contributed by atoms with Crippen molar-refractivity contribution in [3.05, 3.63) is 35.7 Å². The zero-order valence-corrected chi connectivity index (χ0v) is 8.48. The van der Waals surface area contributed by atoms with Crippen LogP contribution in [0.1, 0.15) is 5.82 Å². The van der Waals surface area contributed by atoms with Gasteiger partial charge in [0, 0.05) is 0 Å². The van der Waals surface area contributed by atoms with Crippen LogP contribution in [-0.4, -0.2) is 20.2 Å². The molecule has 84 valence electrons. The summed E-state index contributed by atoms with van der Waals surface area (Å²) in [6.07, 6.45) is 0. The van der Waals surface area contributed by atoms with Crippen LogP contribution >= 0.6 is 0 Å². The van der Waals surface area contributed by atoms with Gasteiger partial charge < -0.3 is 5.32 Å². The van der Waals surface area contributed by atoms with E-state index in [1.165, 1.54) is 23.0 Å². The van der Waals surface area contributed by atoms with Gasteiger partial charge in [0.2, 0.25) is 0 Å². The molecule has 0 atom stereocenters. The second-order valence-electron chi connectivity index (χ2n) is 3.15. The topological polar surface area (TPSA) is 55.6 Å². The lowest BCUT2D eigenvalue weighted by atomic mass is 10.3. The molecule has 0 aliphatic carbocycles. The molecule has 0 radical (unpaired) electrons. The van der Waals surface area contributed by atoms with Crippen molar-refractivity contribution in [2.24, 2.45) is 7.05 Å². The molecule has 0 bridgehead atoms. The highest BCUT2D eigenvalue weighted by Gasteiger charge is 2.08. The number of para-hydroxylation sites is 1. The third-order valence-electron chi connectivity index (χ3n) is 1.94. The summed E-state index contributed by atoms with van der Waals surface area (Å²) in [5.74, 6) is -0.932. The van der Waals surface area contributed by atoms with Crippen LogP contribution < -0.4 is 5.32 Å². The van der Waals surface area contributed by atoms with Gasteiger partial charge in [0.05, 0.1) is 13.6 Å². The van der Waals surface area contributed by atoms with Gasteiger partial charge in [-0.05, 0) is 17.3 Å². The molecule has 0 saturated carbocycles. The Morgan fingerprint density at radius 1 is 1.31 bits per heavy atom. The third kappa shape index (κ3) is 2.13. The lowest BCUT2D eigenvalue weighted by Gasteiger charge is -2.05. The van der Waals surface area contributed by atoms with Crippen LogP contribution in [0.2, 0.25) is 0 Å². The van der Waals surface area contributed by atoms with Gasteiger partial charge in [-0.2, -0.15) is 4.80 Å². The smallest absolute Gasteiger partial charge is 0.193 e. The fourth-order valence-electron chi connectivity index (χ4n) is 1.23. The van der Waals surface area contributed by atoms with E-state index in [9.17, 15) is 8.78 Å². The van der Waals surface area contributed by atoms with E-state index in [4.69, 9.17) is 0 Å². The maximum atomic E-state index is 13.2. The van der Waals surface area contributed by atoms with Crippen molar-refractivity contribution in [1.82, 2.24) is 20.2 Å². The van der Waals surface area contributed by atoms with E-state index < -0.39 is 11.6 Å². The van der Waals surface area contributed by atoms with Crippen LogP contribution in [0.4, 0.5) is 14.5 Å². The van der Waals surface area contributed by atoms with Crippen molar-refractivity contribution >= 4 is 5.69 Å². The number of halogens is 2. The van der Waals surface area contributed by atoms with Gasteiger partial charge in [-0.1, -0.05) is 6.07 Å². The van der Waals surface area contributed by atoms with Gasteiger partial charge in [-0.3, -0.25) is 0 Å². The molecule has 1 heterocycles. The zero-order valence-electron chi connectivity index (χ0n) is 8.48. The molecule has 0 fully saturated rings. The van der Waals surface area contributed by atoms with Crippen LogP contribution in [0.5, 0.6) is 0 Å². The molecule has 0 spiro atoms. The number of nitrogens with zero attached hydrogens (tertiary/aromatic N) is 4. The van der Waals surface area contributed by atoms with E-state index in [1.54, 1.807) is 7.05 Å². The predicted octanol–water partition coefficient (Wildman–Crippen LogP) is 1.10. The largest absolute Gasteiger partial charge is 0.373 e. The number of anilines is 1. The van der Waals surface area contributed by atoms with Crippen molar-refractivity contribution < 1.29 is 8.78 Å². The highest BCUT2D eigenvalue weighted by molar-refractivity contribution is 5.45. The average Bonchev–Trinajstić information content (AvgIpc) is 2.63. The third-order valence-corrected chi connectivity index (χ3v) is 1.94. The van der Waals surface area contributed by atoms with Crippen molar-refractivity contribution in [3.63, 3.8) is 0 Å². The monoisotopic (exact) mass is 225 g/mol. The second-order valence-corrected chi connectivity index (χ2v) is 3.15. The summed E-state index contributed by atoms with van der Waals surface area (Å²) in [5.41, 5.74) is -0.185. The fourth-order valence-corrected chi connectivity index (χ4v) is 1.23. The Hall–Kier alpha value is -2.05. The summed E-state index contributed by atoms with van der Waals surface area (Å²) in [4.78, 5) is 1.27. The second kappa shape index (κ2) is 4.21. The summed E-state index contributed by atoms with van der Waals surface area (Å²) in [5, 5.41) is 13.7. The number of aryl methyl sites for hydroxylation is 1.